The third-order valence-electron chi connectivity index (χ3n) is 2.00. The molecule has 1 aromatic rings. The Morgan fingerprint density at radius 3 is 2.56 bits per heavy atom. The highest BCUT2D eigenvalue weighted by molar-refractivity contribution is 7.92. The Hall–Kier alpha value is -1.83. The summed E-state index contributed by atoms with van der Waals surface area (Å²) in [5.41, 5.74) is -0.638. The Bertz CT molecular complexity index is 553. The lowest BCUT2D eigenvalue weighted by atomic mass is 10.2. The van der Waals surface area contributed by atoms with Gasteiger partial charge in [-0.15, -0.1) is 0 Å². The fourth-order valence-corrected chi connectivity index (χ4v) is 2.87. The number of nitro benzene ring substituents is 1. The lowest BCUT2D eigenvalue weighted by molar-refractivity contribution is -0.383. The average Bonchev–Trinajstić information content (AvgIpc) is 2.13. The number of anilines is 1. The third kappa shape index (κ3) is 3.88. The van der Waals surface area contributed by atoms with Crippen LogP contribution in [0.25, 0.3) is 0 Å². The molecule has 100 valence electrons. The van der Waals surface area contributed by atoms with Gasteiger partial charge in [-0.05, 0) is 12.0 Å². The van der Waals surface area contributed by atoms with Crippen LogP contribution in [0.2, 0.25) is 0 Å². The Morgan fingerprint density at radius 2 is 2.06 bits per heavy atom. The lowest BCUT2D eigenvalue weighted by Gasteiger charge is -2.10. The molecule has 0 saturated carbocycles. The van der Waals surface area contributed by atoms with Crippen molar-refractivity contribution in [1.82, 2.24) is 0 Å². The van der Waals surface area contributed by atoms with Crippen molar-refractivity contribution in [3.63, 3.8) is 0 Å². The standard InChI is InChI=1S/C10H14N2O5S/c1-7(2)6-18(16,17)11-9-5-8(13)3-4-10(9)12(14)15/h3-5,7,11,13H,6H2,1-2H3. The van der Waals surface area contributed by atoms with Crippen molar-refractivity contribution in [3.05, 3.63) is 28.3 Å². The Labute approximate surface area is 105 Å². The monoisotopic (exact) mass is 274 g/mol. The van der Waals surface area contributed by atoms with E-state index >= 15 is 0 Å². The van der Waals surface area contributed by atoms with Gasteiger partial charge in [-0.2, -0.15) is 0 Å². The summed E-state index contributed by atoms with van der Waals surface area (Å²) in [4.78, 5) is 10.0. The molecule has 0 radical (unpaired) electrons. The minimum absolute atomic E-state index is 0.112. The Kier molecular flexibility index (Phi) is 4.12. The van der Waals surface area contributed by atoms with Gasteiger partial charge in [-0.25, -0.2) is 8.42 Å². The van der Waals surface area contributed by atoms with Gasteiger partial charge in [0.05, 0.1) is 10.7 Å². The van der Waals surface area contributed by atoms with Crippen molar-refractivity contribution in [2.45, 2.75) is 13.8 Å². The van der Waals surface area contributed by atoms with Crippen molar-refractivity contribution in [2.24, 2.45) is 5.92 Å². The largest absolute Gasteiger partial charge is 0.508 e. The highest BCUT2D eigenvalue weighted by Crippen LogP contribution is 2.29. The van der Waals surface area contributed by atoms with E-state index in [1.54, 1.807) is 13.8 Å². The maximum absolute atomic E-state index is 11.7. The summed E-state index contributed by atoms with van der Waals surface area (Å²) >= 11 is 0. The van der Waals surface area contributed by atoms with Gasteiger partial charge < -0.3 is 5.11 Å². The van der Waals surface area contributed by atoms with Gasteiger partial charge in [0, 0.05) is 12.1 Å². The Morgan fingerprint density at radius 1 is 1.44 bits per heavy atom. The number of sulfonamides is 1. The number of nitro groups is 1. The normalized spacial score (nSPS) is 11.5. The van der Waals surface area contributed by atoms with Gasteiger partial charge in [0.1, 0.15) is 11.4 Å². The fraction of sp³-hybridized carbons (Fsp3) is 0.400. The molecule has 0 heterocycles. The zero-order chi connectivity index (χ0) is 13.9. The van der Waals surface area contributed by atoms with Crippen LogP contribution < -0.4 is 4.72 Å². The van der Waals surface area contributed by atoms with E-state index in [9.17, 15) is 23.6 Å². The molecule has 0 saturated heterocycles. The second-order valence-electron chi connectivity index (χ2n) is 4.24. The van der Waals surface area contributed by atoms with E-state index in [-0.39, 0.29) is 23.1 Å². The van der Waals surface area contributed by atoms with Crippen molar-refractivity contribution in [3.8, 4) is 5.75 Å². The summed E-state index contributed by atoms with van der Waals surface area (Å²) in [6.45, 7) is 3.44. The molecule has 0 unspecified atom stereocenters. The first-order chi connectivity index (χ1) is 8.21. The first-order valence-corrected chi connectivity index (χ1v) is 6.84. The molecule has 0 aliphatic rings. The quantitative estimate of drug-likeness (QED) is 0.627. The van der Waals surface area contributed by atoms with Crippen LogP contribution in [0.3, 0.4) is 0 Å². The van der Waals surface area contributed by atoms with Gasteiger partial charge in [0.15, 0.2) is 0 Å². The summed E-state index contributed by atoms with van der Waals surface area (Å²) in [5.74, 6) is -0.512. The van der Waals surface area contributed by atoms with Gasteiger partial charge >= 0.3 is 0 Å². The molecule has 2 N–H and O–H groups in total. The van der Waals surface area contributed by atoms with Crippen molar-refractivity contribution >= 4 is 21.4 Å². The number of benzene rings is 1. The highest BCUT2D eigenvalue weighted by atomic mass is 32.2. The van der Waals surface area contributed by atoms with E-state index in [1.807, 2.05) is 0 Å². The van der Waals surface area contributed by atoms with E-state index in [1.165, 1.54) is 0 Å². The van der Waals surface area contributed by atoms with Gasteiger partial charge in [0.2, 0.25) is 10.0 Å². The molecule has 18 heavy (non-hydrogen) atoms. The number of phenolic OH excluding ortho intramolecular Hbond substituents is 1. The zero-order valence-corrected chi connectivity index (χ0v) is 10.8. The predicted molar refractivity (Wildman–Crippen MR) is 67.0 cm³/mol. The average molecular weight is 274 g/mol. The summed E-state index contributed by atoms with van der Waals surface area (Å²) in [6, 6.07) is 3.18. The van der Waals surface area contributed by atoms with E-state index in [4.69, 9.17) is 0 Å². The van der Waals surface area contributed by atoms with E-state index in [0.717, 1.165) is 18.2 Å². The summed E-state index contributed by atoms with van der Waals surface area (Å²) in [6.07, 6.45) is 0. The minimum Gasteiger partial charge on any atom is -0.508 e. The van der Waals surface area contributed by atoms with Crippen molar-refractivity contribution in [2.75, 3.05) is 10.5 Å². The molecule has 1 aromatic carbocycles. The van der Waals surface area contributed by atoms with Crippen LogP contribution in [0.15, 0.2) is 18.2 Å². The van der Waals surface area contributed by atoms with Gasteiger partial charge in [-0.1, -0.05) is 13.8 Å². The minimum atomic E-state index is -3.67. The molecule has 0 amide bonds. The molecule has 1 rings (SSSR count). The number of aromatic hydroxyl groups is 1. The molecule has 0 spiro atoms. The summed E-state index contributed by atoms with van der Waals surface area (Å²) in [7, 11) is -3.67. The molecule has 0 aromatic heterocycles. The maximum atomic E-state index is 11.7. The third-order valence-corrected chi connectivity index (χ3v) is 3.63. The maximum Gasteiger partial charge on any atom is 0.293 e. The second kappa shape index (κ2) is 5.21. The molecular weight excluding hydrogens is 260 g/mol. The van der Waals surface area contributed by atoms with Gasteiger partial charge in [-0.3, -0.25) is 14.8 Å². The molecule has 0 fully saturated rings. The van der Waals surface area contributed by atoms with Crippen LogP contribution >= 0.6 is 0 Å². The van der Waals surface area contributed by atoms with Crippen LogP contribution in [0.4, 0.5) is 11.4 Å². The summed E-state index contributed by atoms with van der Waals surface area (Å²) in [5, 5.41) is 20.0. The van der Waals surface area contributed by atoms with E-state index in [2.05, 4.69) is 4.72 Å². The molecule has 7 nitrogen and oxygen atoms in total. The second-order valence-corrected chi connectivity index (χ2v) is 6.00. The van der Waals surface area contributed by atoms with Crippen LogP contribution in [0, 0.1) is 16.0 Å². The van der Waals surface area contributed by atoms with Crippen LogP contribution in [-0.4, -0.2) is 24.2 Å². The molecule has 8 heteroatoms. The zero-order valence-electron chi connectivity index (χ0n) is 9.95. The topological polar surface area (TPSA) is 110 Å². The molecular formula is C10H14N2O5S. The predicted octanol–water partition coefficient (Wildman–Crippen LogP) is 1.70. The number of phenols is 1. The molecule has 0 bridgehead atoms. The smallest absolute Gasteiger partial charge is 0.293 e. The highest BCUT2D eigenvalue weighted by Gasteiger charge is 2.20. The number of hydrogen-bond acceptors (Lipinski definition) is 5. The van der Waals surface area contributed by atoms with E-state index in [0.29, 0.717) is 0 Å². The SMILES string of the molecule is CC(C)CS(=O)(=O)Nc1cc(O)ccc1[N+](=O)[O-]. The molecule has 0 aliphatic carbocycles. The molecule has 0 aliphatic heterocycles. The number of rotatable bonds is 5. The van der Waals surface area contributed by atoms with Gasteiger partial charge in [0.25, 0.3) is 5.69 Å². The lowest BCUT2D eigenvalue weighted by Crippen LogP contribution is -2.20. The van der Waals surface area contributed by atoms with Crippen LogP contribution in [0.5, 0.6) is 5.75 Å². The number of nitrogens with one attached hydrogen (secondary N) is 1. The van der Waals surface area contributed by atoms with Crippen LogP contribution in [0.1, 0.15) is 13.8 Å². The number of hydrogen-bond donors (Lipinski definition) is 2. The van der Waals surface area contributed by atoms with Crippen molar-refractivity contribution in [1.29, 1.82) is 0 Å². The first-order valence-electron chi connectivity index (χ1n) is 5.19. The number of nitrogens with zero attached hydrogens (tertiary/aromatic N) is 1. The fourth-order valence-electron chi connectivity index (χ4n) is 1.41. The van der Waals surface area contributed by atoms with E-state index < -0.39 is 20.6 Å². The van der Waals surface area contributed by atoms with Crippen LogP contribution in [-0.2, 0) is 10.0 Å². The molecule has 0 atom stereocenters. The van der Waals surface area contributed by atoms with Crippen molar-refractivity contribution < 1.29 is 18.4 Å². The first kappa shape index (κ1) is 14.2. The summed E-state index contributed by atoms with van der Waals surface area (Å²) < 4.78 is 25.5. The Balaban J connectivity index is 3.10.